The van der Waals surface area contributed by atoms with Crippen LogP contribution >= 0.6 is 12.6 Å². The third-order valence-electron chi connectivity index (χ3n) is 15.9. The Balaban J connectivity index is 3.10. The molecule has 131 heavy (non-hydrogen) atoms. The highest BCUT2D eigenvalue weighted by atomic mass is 32.1. The molecule has 0 saturated carbocycles. The minimum Gasteiger partial charge on any atom is -0.382 e. The molecule has 0 unspecified atom stereocenters. The molecule has 44 heteroatoms. The summed E-state index contributed by atoms with van der Waals surface area (Å²) in [5.74, 6) is 0.709. The van der Waals surface area contributed by atoms with Gasteiger partial charge in [-0.2, -0.15) is 12.6 Å². The van der Waals surface area contributed by atoms with Crippen molar-refractivity contribution in [1.82, 2.24) is 0 Å². The largest absolute Gasteiger partial charge is 0.382 e. The molecule has 0 aliphatic heterocycles. The highest BCUT2D eigenvalue weighted by Crippen LogP contribution is 1.97. The highest BCUT2D eigenvalue weighted by molar-refractivity contribution is 7.80. The van der Waals surface area contributed by atoms with Gasteiger partial charge < -0.3 is 204 Å². The molecular formula is C87H176O43S. The van der Waals surface area contributed by atoms with Crippen LogP contribution in [0.4, 0.5) is 0 Å². The summed E-state index contributed by atoms with van der Waals surface area (Å²) in [5.41, 5.74) is 0. The van der Waals surface area contributed by atoms with Gasteiger partial charge in [-0.25, -0.2) is 0 Å². The molecule has 0 rings (SSSR count). The van der Waals surface area contributed by atoms with Crippen LogP contribution in [0.5, 0.6) is 0 Å². The lowest BCUT2D eigenvalue weighted by Crippen LogP contribution is -2.16. The molecule has 0 heterocycles. The summed E-state index contributed by atoms with van der Waals surface area (Å²) in [4.78, 5) is 0. The first-order chi connectivity index (χ1) is 65.4. The van der Waals surface area contributed by atoms with Gasteiger partial charge in [-0.1, -0.05) is 0 Å². The van der Waals surface area contributed by atoms with Gasteiger partial charge in [0.05, 0.1) is 562 Å². The third kappa shape index (κ3) is 129. The fourth-order valence-corrected chi connectivity index (χ4v) is 9.45. The van der Waals surface area contributed by atoms with E-state index in [1.54, 1.807) is 7.11 Å². The van der Waals surface area contributed by atoms with Gasteiger partial charge in [0, 0.05) is 12.9 Å². The van der Waals surface area contributed by atoms with Crippen molar-refractivity contribution in [2.24, 2.45) is 0 Å². The van der Waals surface area contributed by atoms with E-state index in [0.717, 1.165) is 0 Å². The number of rotatable bonds is 128. The molecule has 0 aromatic heterocycles. The number of hydrogen-bond donors (Lipinski definition) is 1. The van der Waals surface area contributed by atoms with Crippen LogP contribution < -0.4 is 0 Å². The summed E-state index contributed by atoms with van der Waals surface area (Å²) in [7, 11) is 1.64. The van der Waals surface area contributed by atoms with Crippen molar-refractivity contribution in [2.75, 3.05) is 574 Å². The van der Waals surface area contributed by atoms with E-state index < -0.39 is 0 Å². The van der Waals surface area contributed by atoms with Gasteiger partial charge in [0.25, 0.3) is 0 Å². The normalized spacial score (nSPS) is 11.9. The molecule has 0 aromatic rings. The highest BCUT2D eigenvalue weighted by Gasteiger charge is 2.06. The Hall–Kier alpha value is -1.37. The molecule has 0 radical (unpaired) electrons. The van der Waals surface area contributed by atoms with Crippen molar-refractivity contribution in [2.45, 2.75) is 0 Å². The van der Waals surface area contributed by atoms with Crippen molar-refractivity contribution in [3.63, 3.8) is 0 Å². The lowest BCUT2D eigenvalue weighted by atomic mass is 10.6. The first kappa shape index (κ1) is 130. The first-order valence-electron chi connectivity index (χ1n) is 46.8. The predicted molar refractivity (Wildman–Crippen MR) is 480 cm³/mol. The van der Waals surface area contributed by atoms with E-state index >= 15 is 0 Å². The number of methoxy groups -OCH3 is 1. The Bertz CT molecular complexity index is 1680. The van der Waals surface area contributed by atoms with Crippen LogP contribution in [0.25, 0.3) is 0 Å². The van der Waals surface area contributed by atoms with Gasteiger partial charge in [-0.05, 0) is 0 Å². The van der Waals surface area contributed by atoms with Gasteiger partial charge in [0.2, 0.25) is 0 Å². The van der Waals surface area contributed by atoms with E-state index in [2.05, 4.69) is 12.6 Å². The summed E-state index contributed by atoms with van der Waals surface area (Å²) in [6.45, 7) is 41.7. The topological polar surface area (TPSA) is 397 Å². The lowest BCUT2D eigenvalue weighted by molar-refractivity contribution is -0.0329. The summed E-state index contributed by atoms with van der Waals surface area (Å²) >= 11 is 4.08. The Morgan fingerprint density at radius 3 is 0.168 bits per heavy atom. The molecule has 0 saturated heterocycles. The zero-order valence-electron chi connectivity index (χ0n) is 79.8. The quantitative estimate of drug-likeness (QED) is 0.0661. The maximum absolute atomic E-state index is 5.55. The molecule has 0 fully saturated rings. The molecule has 0 amide bonds. The van der Waals surface area contributed by atoms with Gasteiger partial charge >= 0.3 is 0 Å². The zero-order chi connectivity index (χ0) is 93.2. The minimum absolute atomic E-state index is 0.473. The van der Waals surface area contributed by atoms with Crippen molar-refractivity contribution in [3.05, 3.63) is 0 Å². The van der Waals surface area contributed by atoms with Crippen molar-refractivity contribution < 1.29 is 204 Å². The summed E-state index contributed by atoms with van der Waals surface area (Å²) in [5, 5.41) is 0. The van der Waals surface area contributed by atoms with Crippen LogP contribution in [0.15, 0.2) is 0 Å². The van der Waals surface area contributed by atoms with Crippen LogP contribution in [-0.2, 0) is 204 Å². The molecular weight excluding hydrogens is 1760 g/mol. The van der Waals surface area contributed by atoms with Crippen LogP contribution in [0, 0.1) is 0 Å². The van der Waals surface area contributed by atoms with E-state index in [-0.39, 0.29) is 0 Å². The van der Waals surface area contributed by atoms with Gasteiger partial charge in [-0.15, -0.1) is 0 Å². The predicted octanol–water partition coefficient (Wildman–Crippen LogP) is 1.26. The molecule has 0 aromatic carbocycles. The fourth-order valence-electron chi connectivity index (χ4n) is 9.33. The van der Waals surface area contributed by atoms with E-state index in [1.807, 2.05) is 0 Å². The summed E-state index contributed by atoms with van der Waals surface area (Å²) < 4.78 is 237. The molecule has 0 bridgehead atoms. The second-order valence-corrected chi connectivity index (χ2v) is 26.9. The van der Waals surface area contributed by atoms with E-state index in [0.29, 0.717) is 567 Å². The maximum Gasteiger partial charge on any atom is 0.0701 e. The molecule has 43 nitrogen and oxygen atoms in total. The van der Waals surface area contributed by atoms with Crippen molar-refractivity contribution in [3.8, 4) is 0 Å². The third-order valence-corrected chi connectivity index (χ3v) is 16.1. The number of ether oxygens (including phenoxy) is 43. The van der Waals surface area contributed by atoms with Gasteiger partial charge in [0.1, 0.15) is 0 Å². The Morgan fingerprint density at radius 2 is 0.122 bits per heavy atom. The van der Waals surface area contributed by atoms with Gasteiger partial charge in [-0.3, -0.25) is 0 Å². The van der Waals surface area contributed by atoms with E-state index in [4.69, 9.17) is 204 Å². The van der Waals surface area contributed by atoms with Crippen LogP contribution in [0.3, 0.4) is 0 Å². The Kier molecular flexibility index (Phi) is 127. The lowest BCUT2D eigenvalue weighted by Gasteiger charge is -2.09. The van der Waals surface area contributed by atoms with Crippen LogP contribution in [-0.4, -0.2) is 574 Å². The minimum atomic E-state index is 0.473. The summed E-state index contributed by atoms with van der Waals surface area (Å²) in [6.07, 6.45) is 0. The average molecular weight is 1940 g/mol. The van der Waals surface area contributed by atoms with Gasteiger partial charge in [0.15, 0.2) is 0 Å². The fraction of sp³-hybridized carbons (Fsp3) is 1.00. The second kappa shape index (κ2) is 129. The molecule has 0 aliphatic carbocycles. The molecule has 0 N–H and O–H groups in total. The zero-order valence-corrected chi connectivity index (χ0v) is 80.7. The molecule has 0 spiro atoms. The van der Waals surface area contributed by atoms with Crippen LogP contribution in [0.2, 0.25) is 0 Å². The Labute approximate surface area is 787 Å². The molecule has 788 valence electrons. The smallest absolute Gasteiger partial charge is 0.0701 e. The monoisotopic (exact) mass is 1940 g/mol. The molecule has 0 atom stereocenters. The summed E-state index contributed by atoms with van der Waals surface area (Å²) in [6, 6.07) is 0. The molecule has 0 aliphatic rings. The van der Waals surface area contributed by atoms with E-state index in [1.165, 1.54) is 0 Å². The number of hydrogen-bond acceptors (Lipinski definition) is 44. The standard InChI is InChI=1S/C87H176O43S/c1-88-2-3-89-4-5-90-6-7-91-8-9-92-10-11-93-12-13-94-14-15-95-16-17-96-18-19-97-20-21-98-22-23-99-24-25-100-26-27-101-28-29-102-30-31-103-32-33-104-34-35-105-36-37-106-38-39-107-40-41-108-42-43-109-44-45-110-46-47-111-48-49-112-50-51-113-52-53-114-54-55-115-56-57-116-58-59-117-60-61-118-62-63-119-64-65-120-66-67-121-68-69-122-70-71-123-72-73-124-74-75-125-76-77-126-78-79-127-80-81-128-82-83-129-84-85-130-86-87-131/h131H,2-87H2,1H3. The van der Waals surface area contributed by atoms with Crippen LogP contribution in [0.1, 0.15) is 0 Å². The van der Waals surface area contributed by atoms with E-state index in [9.17, 15) is 0 Å². The Morgan fingerprint density at radius 1 is 0.0763 bits per heavy atom. The number of thiol groups is 1. The maximum atomic E-state index is 5.55. The average Bonchev–Trinajstić information content (AvgIpc) is 1.22. The van der Waals surface area contributed by atoms with Crippen molar-refractivity contribution in [1.29, 1.82) is 0 Å². The first-order valence-corrected chi connectivity index (χ1v) is 47.4. The second-order valence-electron chi connectivity index (χ2n) is 26.4. The SMILES string of the molecule is COCCOCCOCCOCCOCCOCCOCCOCCOCCOCCOCCOCCOCCOCCOCCOCCOCCOCCOCCOCCOCCOCCOCCOCCOCCOCCOCCOCCOCCOCCOCCOCCOCCOCCOCCOCCOCCOCCOCCOCCOCCOCCOCCS. The van der Waals surface area contributed by atoms with Crippen molar-refractivity contribution >= 4 is 12.6 Å².